The van der Waals surface area contributed by atoms with Gasteiger partial charge in [0.25, 0.3) is 0 Å². The SMILES string of the molecule is CCOC(=O)C(F)(F)C(O)c1ccccn1. The quantitative estimate of drug-likeness (QED) is 0.794. The molecule has 0 bridgehead atoms. The largest absolute Gasteiger partial charge is 0.461 e. The molecule has 0 saturated heterocycles. The van der Waals surface area contributed by atoms with Crippen molar-refractivity contribution in [2.75, 3.05) is 6.61 Å². The Morgan fingerprint density at radius 1 is 1.62 bits per heavy atom. The highest BCUT2D eigenvalue weighted by molar-refractivity contribution is 5.78. The second kappa shape index (κ2) is 4.98. The van der Waals surface area contributed by atoms with Crippen LogP contribution >= 0.6 is 0 Å². The van der Waals surface area contributed by atoms with Crippen LogP contribution < -0.4 is 0 Å². The summed E-state index contributed by atoms with van der Waals surface area (Å²) < 4.78 is 30.8. The molecule has 0 radical (unpaired) electrons. The molecule has 0 fully saturated rings. The summed E-state index contributed by atoms with van der Waals surface area (Å²) in [6, 6.07) is 4.16. The van der Waals surface area contributed by atoms with Crippen LogP contribution in [0.2, 0.25) is 0 Å². The number of aromatic nitrogens is 1. The summed E-state index contributed by atoms with van der Waals surface area (Å²) in [7, 11) is 0. The van der Waals surface area contributed by atoms with Gasteiger partial charge in [-0.2, -0.15) is 8.78 Å². The number of pyridine rings is 1. The molecule has 88 valence electrons. The summed E-state index contributed by atoms with van der Waals surface area (Å²) in [6.07, 6.45) is -1.05. The molecule has 1 rings (SSSR count). The van der Waals surface area contributed by atoms with Gasteiger partial charge in [-0.15, -0.1) is 0 Å². The third-order valence-electron chi connectivity index (χ3n) is 1.86. The van der Waals surface area contributed by atoms with Gasteiger partial charge in [0.2, 0.25) is 0 Å². The van der Waals surface area contributed by atoms with Crippen LogP contribution in [0.3, 0.4) is 0 Å². The third-order valence-corrected chi connectivity index (χ3v) is 1.86. The second-order valence-corrected chi connectivity index (χ2v) is 3.00. The molecule has 16 heavy (non-hydrogen) atoms. The van der Waals surface area contributed by atoms with Gasteiger partial charge in [-0.25, -0.2) is 4.79 Å². The van der Waals surface area contributed by atoms with Gasteiger partial charge >= 0.3 is 11.9 Å². The Kier molecular flexibility index (Phi) is 3.89. The van der Waals surface area contributed by atoms with Crippen molar-refractivity contribution in [2.45, 2.75) is 19.0 Å². The molecule has 0 aliphatic rings. The molecule has 1 heterocycles. The minimum absolute atomic E-state index is 0.177. The smallest absolute Gasteiger partial charge is 0.380 e. The standard InChI is InChI=1S/C10H11F2NO3/c1-2-16-9(15)10(11,12)8(14)7-5-3-4-6-13-7/h3-6,8,14H,2H2,1H3. The van der Waals surface area contributed by atoms with E-state index in [0.29, 0.717) is 0 Å². The highest BCUT2D eigenvalue weighted by atomic mass is 19.3. The maximum Gasteiger partial charge on any atom is 0.380 e. The van der Waals surface area contributed by atoms with E-state index in [0.717, 1.165) is 0 Å². The van der Waals surface area contributed by atoms with Crippen molar-refractivity contribution in [1.29, 1.82) is 0 Å². The van der Waals surface area contributed by atoms with Crippen LogP contribution in [0.4, 0.5) is 8.78 Å². The topological polar surface area (TPSA) is 59.4 Å². The zero-order valence-corrected chi connectivity index (χ0v) is 8.56. The van der Waals surface area contributed by atoms with Crippen LogP contribution in [-0.2, 0) is 9.53 Å². The number of ether oxygens (including phenoxy) is 1. The number of aliphatic hydroxyl groups is 1. The molecule has 1 atom stereocenters. The Balaban J connectivity index is 2.87. The van der Waals surface area contributed by atoms with Gasteiger partial charge in [0.1, 0.15) is 0 Å². The summed E-state index contributed by atoms with van der Waals surface area (Å²) in [6.45, 7) is 1.23. The van der Waals surface area contributed by atoms with Gasteiger partial charge < -0.3 is 9.84 Å². The van der Waals surface area contributed by atoms with E-state index < -0.39 is 18.0 Å². The first-order chi connectivity index (χ1) is 7.50. The van der Waals surface area contributed by atoms with Crippen LogP contribution in [0.15, 0.2) is 24.4 Å². The Morgan fingerprint density at radius 2 is 2.31 bits per heavy atom. The van der Waals surface area contributed by atoms with Crippen molar-refractivity contribution in [2.24, 2.45) is 0 Å². The highest BCUT2D eigenvalue weighted by Gasteiger charge is 2.49. The van der Waals surface area contributed by atoms with Gasteiger partial charge in [0.15, 0.2) is 6.10 Å². The number of hydrogen-bond acceptors (Lipinski definition) is 4. The molecule has 0 amide bonds. The lowest BCUT2D eigenvalue weighted by Gasteiger charge is -2.19. The summed E-state index contributed by atoms with van der Waals surface area (Å²) >= 11 is 0. The van der Waals surface area contributed by atoms with Gasteiger partial charge in [0, 0.05) is 6.20 Å². The Morgan fingerprint density at radius 3 is 2.81 bits per heavy atom. The fraction of sp³-hybridized carbons (Fsp3) is 0.400. The number of nitrogens with zero attached hydrogens (tertiary/aromatic N) is 1. The molecular formula is C10H11F2NO3. The highest BCUT2D eigenvalue weighted by Crippen LogP contribution is 2.31. The number of aliphatic hydroxyl groups excluding tert-OH is 1. The van der Waals surface area contributed by atoms with Crippen LogP contribution in [0.1, 0.15) is 18.7 Å². The van der Waals surface area contributed by atoms with E-state index in [2.05, 4.69) is 9.72 Å². The third kappa shape index (κ3) is 2.52. The summed E-state index contributed by atoms with van der Waals surface area (Å²) in [5.41, 5.74) is -0.277. The van der Waals surface area contributed by atoms with E-state index in [-0.39, 0.29) is 12.3 Å². The van der Waals surface area contributed by atoms with E-state index in [4.69, 9.17) is 0 Å². The van der Waals surface area contributed by atoms with Gasteiger partial charge in [-0.05, 0) is 19.1 Å². The van der Waals surface area contributed by atoms with Crippen molar-refractivity contribution in [3.05, 3.63) is 30.1 Å². The van der Waals surface area contributed by atoms with Crippen LogP contribution in [-0.4, -0.2) is 28.6 Å². The molecule has 6 heteroatoms. The Hall–Kier alpha value is -1.56. The molecule has 1 aromatic rings. The monoisotopic (exact) mass is 231 g/mol. The maximum absolute atomic E-state index is 13.3. The number of carbonyl (C=O) groups is 1. The number of carbonyl (C=O) groups excluding carboxylic acids is 1. The predicted molar refractivity (Wildman–Crippen MR) is 50.8 cm³/mol. The number of halogens is 2. The van der Waals surface area contributed by atoms with Crippen molar-refractivity contribution in [1.82, 2.24) is 4.98 Å². The average Bonchev–Trinajstić information content (AvgIpc) is 2.29. The van der Waals surface area contributed by atoms with E-state index in [1.807, 2.05) is 0 Å². The fourth-order valence-electron chi connectivity index (χ4n) is 1.06. The van der Waals surface area contributed by atoms with E-state index in [9.17, 15) is 18.7 Å². The zero-order valence-electron chi connectivity index (χ0n) is 8.56. The van der Waals surface area contributed by atoms with Gasteiger partial charge in [-0.1, -0.05) is 6.07 Å². The number of hydrogen-bond donors (Lipinski definition) is 1. The van der Waals surface area contributed by atoms with Gasteiger partial charge in [0.05, 0.1) is 12.3 Å². The van der Waals surface area contributed by atoms with E-state index in [1.54, 1.807) is 0 Å². The number of esters is 1. The van der Waals surface area contributed by atoms with E-state index >= 15 is 0 Å². The number of alkyl halides is 2. The molecule has 1 aromatic heterocycles. The summed E-state index contributed by atoms with van der Waals surface area (Å²) in [5.74, 6) is -5.75. The molecule has 0 aliphatic heterocycles. The van der Waals surface area contributed by atoms with Crippen LogP contribution in [0.25, 0.3) is 0 Å². The first kappa shape index (κ1) is 12.5. The molecule has 0 aromatic carbocycles. The lowest BCUT2D eigenvalue weighted by molar-refractivity contribution is -0.189. The van der Waals surface area contributed by atoms with Crippen molar-refractivity contribution >= 4 is 5.97 Å². The van der Waals surface area contributed by atoms with Crippen LogP contribution in [0, 0.1) is 0 Å². The summed E-state index contributed by atoms with van der Waals surface area (Å²) in [4.78, 5) is 14.5. The molecule has 1 N–H and O–H groups in total. The lowest BCUT2D eigenvalue weighted by Crippen LogP contribution is -2.37. The van der Waals surface area contributed by atoms with Crippen molar-refractivity contribution in [3.63, 3.8) is 0 Å². The van der Waals surface area contributed by atoms with Crippen LogP contribution in [0.5, 0.6) is 0 Å². The minimum atomic E-state index is -4.00. The average molecular weight is 231 g/mol. The normalized spacial score (nSPS) is 13.2. The summed E-state index contributed by atoms with van der Waals surface area (Å²) in [5, 5.41) is 9.33. The van der Waals surface area contributed by atoms with Crippen molar-refractivity contribution in [3.8, 4) is 0 Å². The van der Waals surface area contributed by atoms with E-state index in [1.165, 1.54) is 31.3 Å². The Bertz CT molecular complexity index is 356. The number of rotatable bonds is 4. The fourth-order valence-corrected chi connectivity index (χ4v) is 1.06. The van der Waals surface area contributed by atoms with Gasteiger partial charge in [-0.3, -0.25) is 4.98 Å². The lowest BCUT2D eigenvalue weighted by atomic mass is 10.1. The zero-order chi connectivity index (χ0) is 12.2. The molecule has 4 nitrogen and oxygen atoms in total. The molecular weight excluding hydrogens is 220 g/mol. The first-order valence-electron chi connectivity index (χ1n) is 4.64. The Labute approximate surface area is 90.9 Å². The first-order valence-corrected chi connectivity index (χ1v) is 4.64. The molecule has 1 unspecified atom stereocenters. The molecule has 0 aliphatic carbocycles. The molecule has 0 saturated carbocycles. The molecule has 0 spiro atoms. The minimum Gasteiger partial charge on any atom is -0.461 e. The maximum atomic E-state index is 13.3. The predicted octanol–water partition coefficient (Wildman–Crippen LogP) is 1.31. The van der Waals surface area contributed by atoms with Crippen molar-refractivity contribution < 1.29 is 23.4 Å². The second-order valence-electron chi connectivity index (χ2n) is 3.00.